The molecule has 1 aromatic heterocycles. The highest BCUT2D eigenvalue weighted by molar-refractivity contribution is 14.1. The lowest BCUT2D eigenvalue weighted by Crippen LogP contribution is -2.48. The van der Waals surface area contributed by atoms with Gasteiger partial charge in [0.1, 0.15) is 5.82 Å². The summed E-state index contributed by atoms with van der Waals surface area (Å²) < 4.78 is 14.5. The molecular weight excluding hydrogens is 518 g/mol. The minimum atomic E-state index is -0.224. The lowest BCUT2D eigenvalue weighted by Gasteiger charge is -2.39. The number of pyridine rings is 1. The maximum Gasteiger partial charge on any atom is 0.322 e. The molecule has 2 aliphatic heterocycles. The van der Waals surface area contributed by atoms with Crippen molar-refractivity contribution in [2.75, 3.05) is 29.9 Å². The summed E-state index contributed by atoms with van der Waals surface area (Å²) in [5.41, 5.74) is 5.07. The fourth-order valence-electron chi connectivity index (χ4n) is 4.61. The van der Waals surface area contributed by atoms with Crippen LogP contribution in [0.15, 0.2) is 60.8 Å². The van der Waals surface area contributed by atoms with Gasteiger partial charge in [0.2, 0.25) is 0 Å². The van der Waals surface area contributed by atoms with E-state index in [4.69, 9.17) is 0 Å². The monoisotopic (exact) mass is 542 g/mol. The van der Waals surface area contributed by atoms with E-state index in [9.17, 15) is 9.18 Å². The van der Waals surface area contributed by atoms with E-state index in [0.29, 0.717) is 6.54 Å². The van der Waals surface area contributed by atoms with Crippen molar-refractivity contribution in [1.82, 2.24) is 9.88 Å². The van der Waals surface area contributed by atoms with Crippen molar-refractivity contribution in [1.29, 1.82) is 0 Å². The molecule has 0 bridgehead atoms. The van der Waals surface area contributed by atoms with Crippen LogP contribution in [0.3, 0.4) is 0 Å². The Morgan fingerprint density at radius 2 is 1.81 bits per heavy atom. The third-order valence-corrected chi connectivity index (χ3v) is 7.30. The van der Waals surface area contributed by atoms with Gasteiger partial charge in [-0.2, -0.15) is 0 Å². The molecule has 0 spiro atoms. The summed E-state index contributed by atoms with van der Waals surface area (Å²) in [6, 6.07) is 17.1. The lowest BCUT2D eigenvalue weighted by molar-refractivity contribution is 0.177. The van der Waals surface area contributed by atoms with Crippen LogP contribution in [0.25, 0.3) is 11.1 Å². The number of rotatable bonds is 3. The first kappa shape index (κ1) is 21.2. The fraction of sp³-hybridized carbons (Fsp3) is 0.280. The summed E-state index contributed by atoms with van der Waals surface area (Å²) in [4.78, 5) is 21.6. The molecule has 5 nitrogen and oxygen atoms in total. The first-order valence-corrected chi connectivity index (χ1v) is 12.0. The summed E-state index contributed by atoms with van der Waals surface area (Å²) in [7, 11) is 0. The number of nitrogens with zero attached hydrogens (tertiary/aromatic N) is 3. The second-order valence-corrected chi connectivity index (χ2v) is 9.42. The van der Waals surface area contributed by atoms with Crippen molar-refractivity contribution in [2.24, 2.45) is 0 Å². The Hall–Kier alpha value is -2.68. The van der Waals surface area contributed by atoms with Crippen LogP contribution in [0, 0.1) is 9.39 Å². The van der Waals surface area contributed by atoms with Gasteiger partial charge in [-0.25, -0.2) is 9.18 Å². The Balaban J connectivity index is 1.27. The highest BCUT2D eigenvalue weighted by atomic mass is 127. The van der Waals surface area contributed by atoms with Crippen LogP contribution in [-0.2, 0) is 6.42 Å². The van der Waals surface area contributed by atoms with Gasteiger partial charge in [-0.05, 0) is 89.0 Å². The van der Waals surface area contributed by atoms with E-state index < -0.39 is 0 Å². The minimum absolute atomic E-state index is 0.0249. The molecule has 164 valence electrons. The van der Waals surface area contributed by atoms with Gasteiger partial charge < -0.3 is 15.1 Å². The molecule has 1 N–H and O–H groups in total. The maximum atomic E-state index is 13.3. The molecule has 2 aliphatic rings. The van der Waals surface area contributed by atoms with Gasteiger partial charge in [0, 0.05) is 47.6 Å². The Bertz CT molecular complexity index is 1130. The van der Waals surface area contributed by atoms with E-state index in [1.54, 1.807) is 6.20 Å². The second-order valence-electron chi connectivity index (χ2n) is 8.26. The number of amides is 2. The van der Waals surface area contributed by atoms with Crippen LogP contribution in [0.1, 0.15) is 18.5 Å². The summed E-state index contributed by atoms with van der Waals surface area (Å²) in [5, 5.41) is 3.03. The minimum Gasteiger partial charge on any atom is -0.371 e. The van der Waals surface area contributed by atoms with Crippen LogP contribution < -0.4 is 10.2 Å². The van der Waals surface area contributed by atoms with Crippen molar-refractivity contribution < 1.29 is 9.18 Å². The number of carbonyl (C=O) groups is 1. The molecule has 0 radical (unpaired) electrons. The molecule has 7 heteroatoms. The van der Waals surface area contributed by atoms with Crippen molar-refractivity contribution in [2.45, 2.75) is 25.3 Å². The number of anilines is 2. The second kappa shape index (κ2) is 9.05. The zero-order chi connectivity index (χ0) is 22.1. The zero-order valence-electron chi connectivity index (χ0n) is 17.6. The van der Waals surface area contributed by atoms with Crippen LogP contribution in [0.2, 0.25) is 0 Å². The normalized spacial score (nSPS) is 17.0. The number of piperidine rings is 1. The molecule has 3 heterocycles. The number of aromatic nitrogens is 1. The van der Waals surface area contributed by atoms with Gasteiger partial charge >= 0.3 is 6.03 Å². The van der Waals surface area contributed by atoms with E-state index in [1.165, 1.54) is 17.8 Å². The summed E-state index contributed by atoms with van der Waals surface area (Å²) in [6.07, 6.45) is 4.40. The van der Waals surface area contributed by atoms with E-state index in [1.807, 2.05) is 29.2 Å². The smallest absolute Gasteiger partial charge is 0.322 e. The van der Waals surface area contributed by atoms with Crippen LogP contribution in [0.4, 0.5) is 20.6 Å². The number of hydrogen-bond donors (Lipinski definition) is 1. The first-order chi connectivity index (χ1) is 15.6. The van der Waals surface area contributed by atoms with Crippen LogP contribution in [0.5, 0.6) is 0 Å². The van der Waals surface area contributed by atoms with Crippen molar-refractivity contribution >= 4 is 40.0 Å². The molecule has 0 atom stereocenters. The molecular formula is C25H24FIN4O. The molecule has 2 amide bonds. The van der Waals surface area contributed by atoms with Gasteiger partial charge in [0.15, 0.2) is 0 Å². The standard InChI is InChI=1S/C25H24FIN4O/c26-18-5-3-17(4-6-18)21-16-20(7-8-22(21)27)30-13-9-19(10-14-30)31-15-11-23-24(29-25(31)32)2-1-12-28-23/h1-8,12,16,19H,9-11,13-15H2,(H,29,32). The maximum absolute atomic E-state index is 13.3. The van der Waals surface area contributed by atoms with Gasteiger partial charge in [-0.15, -0.1) is 0 Å². The summed E-state index contributed by atoms with van der Waals surface area (Å²) in [5.74, 6) is -0.224. The van der Waals surface area contributed by atoms with Gasteiger partial charge in [0.05, 0.1) is 11.4 Å². The van der Waals surface area contributed by atoms with Gasteiger partial charge in [0.25, 0.3) is 0 Å². The molecule has 5 rings (SSSR count). The molecule has 0 unspecified atom stereocenters. The Labute approximate surface area is 200 Å². The van der Waals surface area contributed by atoms with E-state index in [0.717, 1.165) is 58.4 Å². The third kappa shape index (κ3) is 4.30. The molecule has 0 aliphatic carbocycles. The quantitative estimate of drug-likeness (QED) is 0.442. The van der Waals surface area contributed by atoms with E-state index >= 15 is 0 Å². The van der Waals surface area contributed by atoms with E-state index in [-0.39, 0.29) is 17.9 Å². The Morgan fingerprint density at radius 3 is 2.59 bits per heavy atom. The average Bonchev–Trinajstić information content (AvgIpc) is 2.98. The average molecular weight is 542 g/mol. The van der Waals surface area contributed by atoms with Crippen molar-refractivity contribution in [3.63, 3.8) is 0 Å². The van der Waals surface area contributed by atoms with Crippen molar-refractivity contribution in [3.8, 4) is 11.1 Å². The molecule has 2 aromatic carbocycles. The largest absolute Gasteiger partial charge is 0.371 e. The Morgan fingerprint density at radius 1 is 1.03 bits per heavy atom. The molecule has 3 aromatic rings. The number of fused-ring (bicyclic) bond motifs is 1. The third-order valence-electron chi connectivity index (χ3n) is 6.36. The number of halogens is 2. The van der Waals surface area contributed by atoms with Crippen LogP contribution >= 0.6 is 22.6 Å². The zero-order valence-corrected chi connectivity index (χ0v) is 19.8. The van der Waals surface area contributed by atoms with Crippen LogP contribution in [-0.4, -0.2) is 41.6 Å². The molecule has 32 heavy (non-hydrogen) atoms. The highest BCUT2D eigenvalue weighted by Gasteiger charge is 2.30. The highest BCUT2D eigenvalue weighted by Crippen LogP contribution is 2.32. The SMILES string of the molecule is O=C1Nc2cccnc2CCN1C1CCN(c2ccc(I)c(-c3ccc(F)cc3)c2)CC1. The first-order valence-electron chi connectivity index (χ1n) is 10.9. The number of benzene rings is 2. The number of urea groups is 1. The number of nitrogens with one attached hydrogen (secondary N) is 1. The Kier molecular flexibility index (Phi) is 5.99. The van der Waals surface area contributed by atoms with E-state index in [2.05, 4.69) is 56.0 Å². The van der Waals surface area contributed by atoms with Gasteiger partial charge in [-0.3, -0.25) is 4.98 Å². The fourth-order valence-corrected chi connectivity index (χ4v) is 5.26. The lowest BCUT2D eigenvalue weighted by atomic mass is 10.0. The predicted octanol–water partition coefficient (Wildman–Crippen LogP) is 5.55. The summed E-state index contributed by atoms with van der Waals surface area (Å²) in [6.45, 7) is 2.48. The topological polar surface area (TPSA) is 48.5 Å². The number of carbonyl (C=O) groups excluding carboxylic acids is 1. The molecule has 1 fully saturated rings. The van der Waals surface area contributed by atoms with Crippen molar-refractivity contribution in [3.05, 3.63) is 75.9 Å². The number of hydrogen-bond acceptors (Lipinski definition) is 3. The summed E-state index contributed by atoms with van der Waals surface area (Å²) >= 11 is 2.33. The molecule has 1 saturated heterocycles. The van der Waals surface area contributed by atoms with Gasteiger partial charge in [-0.1, -0.05) is 12.1 Å². The predicted molar refractivity (Wildman–Crippen MR) is 133 cm³/mol. The molecule has 0 saturated carbocycles.